The number of aromatic nitrogens is 3. The number of rotatable bonds is 5. The summed E-state index contributed by atoms with van der Waals surface area (Å²) >= 11 is 0. The van der Waals surface area contributed by atoms with Gasteiger partial charge in [0.15, 0.2) is 6.61 Å². The summed E-state index contributed by atoms with van der Waals surface area (Å²) in [7, 11) is 1.60. The number of methoxy groups -OCH3 is 1. The van der Waals surface area contributed by atoms with E-state index in [0.29, 0.717) is 11.3 Å². The molecule has 1 aromatic carbocycles. The Kier molecular flexibility index (Phi) is 3.86. The average Bonchev–Trinajstić information content (AvgIpc) is 3.02. The van der Waals surface area contributed by atoms with Crippen LogP contribution in [0.15, 0.2) is 51.9 Å². The van der Waals surface area contributed by atoms with Crippen molar-refractivity contribution in [2.45, 2.75) is 6.61 Å². The van der Waals surface area contributed by atoms with Gasteiger partial charge in [-0.25, -0.2) is 0 Å². The Bertz CT molecular complexity index is 808. The van der Waals surface area contributed by atoms with E-state index in [0.717, 1.165) is 5.75 Å². The van der Waals surface area contributed by atoms with Crippen LogP contribution in [0.2, 0.25) is 0 Å². The van der Waals surface area contributed by atoms with Crippen molar-refractivity contribution < 1.29 is 14.0 Å². The molecule has 0 aliphatic carbocycles. The highest BCUT2D eigenvalue weighted by atomic mass is 16.5. The molecule has 22 heavy (non-hydrogen) atoms. The van der Waals surface area contributed by atoms with Crippen LogP contribution in [0.1, 0.15) is 5.89 Å². The van der Waals surface area contributed by atoms with Crippen molar-refractivity contribution in [3.8, 4) is 22.9 Å². The van der Waals surface area contributed by atoms with Gasteiger partial charge in [-0.2, -0.15) is 4.98 Å². The molecule has 112 valence electrons. The van der Waals surface area contributed by atoms with E-state index < -0.39 is 0 Å². The van der Waals surface area contributed by atoms with Crippen LogP contribution in [0, 0.1) is 0 Å². The largest absolute Gasteiger partial charge is 0.497 e. The van der Waals surface area contributed by atoms with E-state index in [1.54, 1.807) is 49.7 Å². The van der Waals surface area contributed by atoms with E-state index in [-0.39, 0.29) is 23.9 Å². The summed E-state index contributed by atoms with van der Waals surface area (Å²) in [6.07, 6.45) is 1.54. The summed E-state index contributed by atoms with van der Waals surface area (Å²) in [5.74, 6) is 1.91. The molecule has 3 rings (SSSR count). The molecule has 7 nitrogen and oxygen atoms in total. The minimum absolute atomic E-state index is 0.115. The number of nitrogens with one attached hydrogen (secondary N) is 1. The summed E-state index contributed by atoms with van der Waals surface area (Å²) in [6.45, 7) is 0.115. The zero-order valence-electron chi connectivity index (χ0n) is 11.8. The SMILES string of the molecule is COc1ccc(OCc2nc(-c3ccc[nH]c3=O)no2)cc1. The Labute approximate surface area is 125 Å². The molecule has 0 aliphatic heterocycles. The summed E-state index contributed by atoms with van der Waals surface area (Å²) < 4.78 is 15.7. The van der Waals surface area contributed by atoms with Gasteiger partial charge < -0.3 is 19.0 Å². The molecule has 2 aromatic heterocycles. The lowest BCUT2D eigenvalue weighted by Gasteiger charge is -2.04. The van der Waals surface area contributed by atoms with Crippen molar-refractivity contribution in [1.82, 2.24) is 15.1 Å². The molecule has 0 amide bonds. The van der Waals surface area contributed by atoms with Crippen LogP contribution in [-0.2, 0) is 6.61 Å². The topological polar surface area (TPSA) is 90.2 Å². The first-order chi connectivity index (χ1) is 10.8. The van der Waals surface area contributed by atoms with E-state index in [9.17, 15) is 4.79 Å². The third-order valence-electron chi connectivity index (χ3n) is 2.95. The number of ether oxygens (including phenoxy) is 2. The van der Waals surface area contributed by atoms with Crippen LogP contribution in [0.4, 0.5) is 0 Å². The smallest absolute Gasteiger partial charge is 0.264 e. The van der Waals surface area contributed by atoms with Gasteiger partial charge in [0.25, 0.3) is 11.4 Å². The first kappa shape index (κ1) is 13.9. The highest BCUT2D eigenvalue weighted by molar-refractivity contribution is 5.51. The molecule has 0 spiro atoms. The maximum atomic E-state index is 11.6. The summed E-state index contributed by atoms with van der Waals surface area (Å²) in [5, 5.41) is 3.78. The van der Waals surface area contributed by atoms with E-state index in [1.807, 2.05) is 0 Å². The molecule has 0 radical (unpaired) electrons. The Balaban J connectivity index is 1.69. The predicted octanol–water partition coefficient (Wildman–Crippen LogP) is 2.01. The Hall–Kier alpha value is -3.09. The predicted molar refractivity (Wildman–Crippen MR) is 77.7 cm³/mol. The van der Waals surface area contributed by atoms with Crippen LogP contribution in [0.3, 0.4) is 0 Å². The van der Waals surface area contributed by atoms with Crippen molar-refractivity contribution in [1.29, 1.82) is 0 Å². The minimum Gasteiger partial charge on any atom is -0.497 e. The average molecular weight is 299 g/mol. The molecule has 1 N–H and O–H groups in total. The van der Waals surface area contributed by atoms with Gasteiger partial charge >= 0.3 is 0 Å². The van der Waals surface area contributed by atoms with Crippen LogP contribution >= 0.6 is 0 Å². The molecular formula is C15H13N3O4. The second kappa shape index (κ2) is 6.13. The van der Waals surface area contributed by atoms with Crippen LogP contribution in [0.5, 0.6) is 11.5 Å². The number of aromatic amines is 1. The molecule has 7 heteroatoms. The van der Waals surface area contributed by atoms with Gasteiger partial charge in [0.05, 0.1) is 12.7 Å². The van der Waals surface area contributed by atoms with Gasteiger partial charge in [0.2, 0.25) is 5.82 Å². The van der Waals surface area contributed by atoms with Gasteiger partial charge in [-0.05, 0) is 36.4 Å². The molecule has 2 heterocycles. The highest BCUT2D eigenvalue weighted by Gasteiger charge is 2.11. The zero-order chi connectivity index (χ0) is 15.4. The minimum atomic E-state index is -0.272. The molecule has 0 unspecified atom stereocenters. The van der Waals surface area contributed by atoms with Gasteiger partial charge in [-0.1, -0.05) is 5.16 Å². The second-order valence-electron chi connectivity index (χ2n) is 4.39. The van der Waals surface area contributed by atoms with E-state index in [2.05, 4.69) is 15.1 Å². The number of H-pyrrole nitrogens is 1. The van der Waals surface area contributed by atoms with Gasteiger partial charge in [-0.15, -0.1) is 0 Å². The number of nitrogens with zero attached hydrogens (tertiary/aromatic N) is 2. The maximum absolute atomic E-state index is 11.6. The van der Waals surface area contributed by atoms with Gasteiger partial charge in [-0.3, -0.25) is 4.79 Å². The highest BCUT2D eigenvalue weighted by Crippen LogP contribution is 2.18. The third kappa shape index (κ3) is 2.98. The monoisotopic (exact) mass is 299 g/mol. The fraction of sp³-hybridized carbons (Fsp3) is 0.133. The van der Waals surface area contributed by atoms with E-state index >= 15 is 0 Å². The van der Waals surface area contributed by atoms with Gasteiger partial charge in [0, 0.05) is 6.20 Å². The fourth-order valence-electron chi connectivity index (χ4n) is 1.84. The Morgan fingerprint density at radius 2 is 1.95 bits per heavy atom. The molecule has 0 saturated carbocycles. The van der Waals surface area contributed by atoms with E-state index in [4.69, 9.17) is 14.0 Å². The summed E-state index contributed by atoms with van der Waals surface area (Å²) in [4.78, 5) is 18.3. The quantitative estimate of drug-likeness (QED) is 0.775. The van der Waals surface area contributed by atoms with Crippen molar-refractivity contribution in [2.24, 2.45) is 0 Å². The lowest BCUT2D eigenvalue weighted by atomic mass is 10.3. The number of pyridine rings is 1. The maximum Gasteiger partial charge on any atom is 0.264 e. The number of benzene rings is 1. The third-order valence-corrected chi connectivity index (χ3v) is 2.95. The van der Waals surface area contributed by atoms with Crippen molar-refractivity contribution in [3.05, 3.63) is 58.8 Å². The van der Waals surface area contributed by atoms with E-state index in [1.165, 1.54) is 0 Å². The Morgan fingerprint density at radius 1 is 1.18 bits per heavy atom. The molecule has 0 aliphatic rings. The molecule has 0 fully saturated rings. The molecule has 0 atom stereocenters. The van der Waals surface area contributed by atoms with Crippen molar-refractivity contribution >= 4 is 0 Å². The van der Waals surface area contributed by atoms with Crippen molar-refractivity contribution in [2.75, 3.05) is 7.11 Å². The number of hydrogen-bond acceptors (Lipinski definition) is 6. The lowest BCUT2D eigenvalue weighted by molar-refractivity contribution is 0.242. The lowest BCUT2D eigenvalue weighted by Crippen LogP contribution is -2.07. The van der Waals surface area contributed by atoms with Crippen LogP contribution in [-0.4, -0.2) is 22.2 Å². The van der Waals surface area contributed by atoms with Crippen molar-refractivity contribution in [3.63, 3.8) is 0 Å². The first-order valence-electron chi connectivity index (χ1n) is 6.54. The second-order valence-corrected chi connectivity index (χ2v) is 4.39. The Morgan fingerprint density at radius 3 is 2.68 bits per heavy atom. The van der Waals surface area contributed by atoms with Crippen LogP contribution < -0.4 is 15.0 Å². The normalized spacial score (nSPS) is 10.4. The molecule has 0 bridgehead atoms. The standard InChI is InChI=1S/C15H13N3O4/c1-20-10-4-6-11(7-5-10)21-9-13-17-14(18-22-13)12-3-2-8-16-15(12)19/h2-8H,9H2,1H3,(H,16,19). The molecule has 0 saturated heterocycles. The molecular weight excluding hydrogens is 286 g/mol. The zero-order valence-corrected chi connectivity index (χ0v) is 11.8. The summed E-state index contributed by atoms with van der Waals surface area (Å²) in [5.41, 5.74) is 0.0767. The molecule has 3 aromatic rings. The fourth-order valence-corrected chi connectivity index (χ4v) is 1.84. The first-order valence-corrected chi connectivity index (χ1v) is 6.54. The van der Waals surface area contributed by atoms with Gasteiger partial charge in [0.1, 0.15) is 11.5 Å². The number of hydrogen-bond donors (Lipinski definition) is 1. The summed E-state index contributed by atoms with van der Waals surface area (Å²) in [6, 6.07) is 10.4. The van der Waals surface area contributed by atoms with Crippen LogP contribution in [0.25, 0.3) is 11.4 Å².